The second-order valence-electron chi connectivity index (χ2n) is 9.10. The number of hydrogen-bond acceptors (Lipinski definition) is 6. The third-order valence-electron chi connectivity index (χ3n) is 6.26. The minimum atomic E-state index is -3.98. The summed E-state index contributed by atoms with van der Waals surface area (Å²) in [5, 5.41) is 3.14. The Kier molecular flexibility index (Phi) is 7.46. The monoisotopic (exact) mass is 573 g/mol. The summed E-state index contributed by atoms with van der Waals surface area (Å²) in [4.78, 5) is 28.9. The minimum Gasteiger partial charge on any atom is -0.350 e. The average molecular weight is 574 g/mol. The van der Waals surface area contributed by atoms with Crippen molar-refractivity contribution in [1.82, 2.24) is 0 Å². The molecule has 1 aliphatic rings. The van der Waals surface area contributed by atoms with Crippen LogP contribution in [-0.2, 0) is 19.6 Å². The van der Waals surface area contributed by atoms with Gasteiger partial charge in [0, 0.05) is 16.3 Å². The van der Waals surface area contributed by atoms with E-state index in [0.29, 0.717) is 16.3 Å². The molecular formula is C30H24FN3O4S2. The van der Waals surface area contributed by atoms with E-state index in [4.69, 9.17) is 0 Å². The molecule has 1 heterocycles. The van der Waals surface area contributed by atoms with Crippen LogP contribution in [-0.4, -0.2) is 20.2 Å². The highest BCUT2D eigenvalue weighted by molar-refractivity contribution is 8.04. The summed E-state index contributed by atoms with van der Waals surface area (Å²) in [5.74, 6) is -1.54. The standard InChI is InChI=1S/C30H24FN3O4S2/c1-19-11-14-22(17-20(19)2)32-27-28(30(36)34(29(27)35)24-8-4-3-5-9-24)39-25-10-6-7-23(18-25)33-40(37,38)26-15-12-21(31)13-16-26/h3-18,32-33H,1-2H3. The van der Waals surface area contributed by atoms with Crippen molar-refractivity contribution in [2.75, 3.05) is 14.9 Å². The van der Waals surface area contributed by atoms with E-state index in [1.807, 2.05) is 32.0 Å². The molecule has 0 atom stereocenters. The molecule has 7 nitrogen and oxygen atoms in total. The van der Waals surface area contributed by atoms with Crippen molar-refractivity contribution in [2.45, 2.75) is 23.6 Å². The molecular weight excluding hydrogens is 549 g/mol. The molecule has 0 saturated heterocycles. The summed E-state index contributed by atoms with van der Waals surface area (Å²) in [6, 6.07) is 25.3. The first kappa shape index (κ1) is 27.2. The van der Waals surface area contributed by atoms with Crippen LogP contribution in [0.4, 0.5) is 21.5 Å². The Morgan fingerprint density at radius 1 is 0.750 bits per heavy atom. The topological polar surface area (TPSA) is 95.6 Å². The van der Waals surface area contributed by atoms with Crippen molar-refractivity contribution in [3.8, 4) is 0 Å². The smallest absolute Gasteiger partial charge is 0.283 e. The summed E-state index contributed by atoms with van der Waals surface area (Å²) in [5.41, 5.74) is 3.59. The number of nitrogens with zero attached hydrogens (tertiary/aromatic N) is 1. The van der Waals surface area contributed by atoms with Crippen LogP contribution in [0.25, 0.3) is 0 Å². The van der Waals surface area contributed by atoms with Crippen molar-refractivity contribution in [3.63, 3.8) is 0 Å². The Morgan fingerprint density at radius 2 is 1.48 bits per heavy atom. The molecule has 0 aliphatic carbocycles. The number of rotatable bonds is 8. The van der Waals surface area contributed by atoms with Gasteiger partial charge in [0.25, 0.3) is 21.8 Å². The number of carbonyl (C=O) groups is 2. The van der Waals surface area contributed by atoms with Crippen LogP contribution in [0.1, 0.15) is 11.1 Å². The number of para-hydroxylation sites is 1. The first-order chi connectivity index (χ1) is 19.1. The zero-order chi connectivity index (χ0) is 28.4. The van der Waals surface area contributed by atoms with Gasteiger partial charge in [0.15, 0.2) is 0 Å². The molecule has 202 valence electrons. The number of sulfonamides is 1. The number of thioether (sulfide) groups is 1. The molecule has 4 aromatic rings. The molecule has 0 aromatic heterocycles. The van der Waals surface area contributed by atoms with Gasteiger partial charge in [-0.25, -0.2) is 17.7 Å². The summed E-state index contributed by atoms with van der Waals surface area (Å²) in [6.45, 7) is 3.94. The van der Waals surface area contributed by atoms with Gasteiger partial charge in [0.1, 0.15) is 16.4 Å². The summed E-state index contributed by atoms with van der Waals surface area (Å²) in [7, 11) is -3.98. The van der Waals surface area contributed by atoms with Crippen LogP contribution in [0.15, 0.2) is 117 Å². The van der Waals surface area contributed by atoms with Gasteiger partial charge < -0.3 is 5.32 Å². The van der Waals surface area contributed by atoms with Gasteiger partial charge in [-0.15, -0.1) is 0 Å². The van der Waals surface area contributed by atoms with Crippen LogP contribution in [0.2, 0.25) is 0 Å². The molecule has 2 N–H and O–H groups in total. The second-order valence-corrected chi connectivity index (χ2v) is 11.9. The number of anilines is 3. The number of benzene rings is 4. The van der Waals surface area contributed by atoms with Crippen molar-refractivity contribution >= 4 is 50.7 Å². The number of aryl methyl sites for hydroxylation is 2. The quantitative estimate of drug-likeness (QED) is 0.243. The number of hydrogen-bond donors (Lipinski definition) is 2. The lowest BCUT2D eigenvalue weighted by atomic mass is 10.1. The Hall–Kier alpha value is -4.41. The SMILES string of the molecule is Cc1ccc(NC2=C(Sc3cccc(NS(=O)(=O)c4ccc(F)cc4)c3)C(=O)N(c3ccccc3)C2=O)cc1C. The van der Waals surface area contributed by atoms with Crippen LogP contribution in [0.5, 0.6) is 0 Å². The number of nitrogens with one attached hydrogen (secondary N) is 2. The second kappa shape index (κ2) is 11.0. The van der Waals surface area contributed by atoms with Crippen LogP contribution < -0.4 is 14.9 Å². The lowest BCUT2D eigenvalue weighted by Gasteiger charge is -2.15. The van der Waals surface area contributed by atoms with Crippen molar-refractivity contribution in [3.05, 3.63) is 125 Å². The lowest BCUT2D eigenvalue weighted by Crippen LogP contribution is -2.32. The third kappa shape index (κ3) is 5.63. The first-order valence-electron chi connectivity index (χ1n) is 12.2. The van der Waals surface area contributed by atoms with E-state index in [9.17, 15) is 22.4 Å². The van der Waals surface area contributed by atoms with Crippen LogP contribution >= 0.6 is 11.8 Å². The van der Waals surface area contributed by atoms with Crippen molar-refractivity contribution < 1.29 is 22.4 Å². The van der Waals surface area contributed by atoms with E-state index in [1.54, 1.807) is 54.6 Å². The molecule has 5 rings (SSSR count). The van der Waals surface area contributed by atoms with Gasteiger partial charge in [0.05, 0.1) is 10.6 Å². The molecule has 0 radical (unpaired) electrons. The van der Waals surface area contributed by atoms with Gasteiger partial charge in [0.2, 0.25) is 0 Å². The average Bonchev–Trinajstić information content (AvgIpc) is 3.15. The summed E-state index contributed by atoms with van der Waals surface area (Å²) in [6.07, 6.45) is 0. The number of amides is 2. The highest BCUT2D eigenvalue weighted by atomic mass is 32.2. The lowest BCUT2D eigenvalue weighted by molar-refractivity contribution is -0.120. The Balaban J connectivity index is 1.48. The highest BCUT2D eigenvalue weighted by Crippen LogP contribution is 2.38. The maximum absolute atomic E-state index is 13.6. The highest BCUT2D eigenvalue weighted by Gasteiger charge is 2.40. The minimum absolute atomic E-state index is 0.0930. The largest absolute Gasteiger partial charge is 0.350 e. The van der Waals surface area contributed by atoms with E-state index < -0.39 is 27.7 Å². The fraction of sp³-hybridized carbons (Fsp3) is 0.0667. The summed E-state index contributed by atoms with van der Waals surface area (Å²) < 4.78 is 41.4. The maximum atomic E-state index is 13.6. The zero-order valence-electron chi connectivity index (χ0n) is 21.5. The molecule has 2 amide bonds. The Labute approximate surface area is 235 Å². The predicted molar refractivity (Wildman–Crippen MR) is 155 cm³/mol. The molecule has 0 saturated carbocycles. The number of halogens is 1. The molecule has 40 heavy (non-hydrogen) atoms. The van der Waals surface area contributed by atoms with Gasteiger partial charge >= 0.3 is 0 Å². The molecule has 1 aliphatic heterocycles. The van der Waals surface area contributed by atoms with Gasteiger partial charge in [-0.1, -0.05) is 42.1 Å². The van der Waals surface area contributed by atoms with Gasteiger partial charge in [-0.2, -0.15) is 0 Å². The van der Waals surface area contributed by atoms with Gasteiger partial charge in [-0.05, 0) is 91.7 Å². The normalized spacial score (nSPS) is 13.6. The Bertz CT molecular complexity index is 1760. The number of imide groups is 1. The van der Waals surface area contributed by atoms with Crippen molar-refractivity contribution in [2.24, 2.45) is 0 Å². The number of carbonyl (C=O) groups excluding carboxylic acids is 2. The van der Waals surface area contributed by atoms with E-state index in [0.717, 1.165) is 39.9 Å². The van der Waals surface area contributed by atoms with E-state index >= 15 is 0 Å². The zero-order valence-corrected chi connectivity index (χ0v) is 23.1. The fourth-order valence-corrected chi connectivity index (χ4v) is 6.10. The van der Waals surface area contributed by atoms with E-state index in [1.165, 1.54) is 12.1 Å². The fourth-order valence-electron chi connectivity index (χ4n) is 4.06. The molecule has 10 heteroatoms. The molecule has 0 spiro atoms. The summed E-state index contributed by atoms with van der Waals surface area (Å²) >= 11 is 1.05. The predicted octanol–water partition coefficient (Wildman–Crippen LogP) is 6.23. The van der Waals surface area contributed by atoms with Crippen LogP contribution in [0, 0.1) is 19.7 Å². The van der Waals surface area contributed by atoms with Crippen molar-refractivity contribution in [1.29, 1.82) is 0 Å². The molecule has 0 fully saturated rings. The van der Waals surface area contributed by atoms with E-state index in [2.05, 4.69) is 10.0 Å². The molecule has 0 bridgehead atoms. The van der Waals surface area contributed by atoms with E-state index in [-0.39, 0.29) is 21.2 Å². The Morgan fingerprint density at radius 3 is 2.17 bits per heavy atom. The maximum Gasteiger partial charge on any atom is 0.283 e. The van der Waals surface area contributed by atoms with Gasteiger partial charge in [-0.3, -0.25) is 14.3 Å². The molecule has 4 aromatic carbocycles. The third-order valence-corrected chi connectivity index (χ3v) is 8.73. The van der Waals surface area contributed by atoms with Crippen LogP contribution in [0.3, 0.4) is 0 Å². The first-order valence-corrected chi connectivity index (χ1v) is 14.5. The molecule has 0 unspecified atom stereocenters.